The number of carboxylic acids is 1. The van der Waals surface area contributed by atoms with E-state index in [0.717, 1.165) is 48.1 Å². The summed E-state index contributed by atoms with van der Waals surface area (Å²) < 4.78 is 38.1. The van der Waals surface area contributed by atoms with Gasteiger partial charge in [0.25, 0.3) is 6.10 Å². The Hall–Kier alpha value is -4.33. The summed E-state index contributed by atoms with van der Waals surface area (Å²) >= 11 is 0.988. The van der Waals surface area contributed by atoms with Crippen molar-refractivity contribution in [2.75, 3.05) is 12.3 Å². The molecule has 8 N–H and O–H groups in total. The summed E-state index contributed by atoms with van der Waals surface area (Å²) in [6.45, 7) is 1.95. The lowest BCUT2D eigenvalue weighted by molar-refractivity contribution is -0.152. The predicted molar refractivity (Wildman–Crippen MR) is 170 cm³/mol. The van der Waals surface area contributed by atoms with Crippen LogP contribution in [0.5, 0.6) is 5.75 Å². The maximum Gasteiger partial charge on any atom is 0.362 e. The van der Waals surface area contributed by atoms with Gasteiger partial charge in [0.05, 0.1) is 18.0 Å². The third kappa shape index (κ3) is 7.80. The molecule has 3 aliphatic rings. The molecule has 1 aromatic heterocycles. The van der Waals surface area contributed by atoms with E-state index in [4.69, 9.17) is 31.8 Å². The van der Waals surface area contributed by atoms with Gasteiger partial charge >= 0.3 is 16.3 Å². The highest BCUT2D eigenvalue weighted by molar-refractivity contribution is 7.84. The number of nitrogens with zero attached hydrogens (tertiary/aromatic N) is 5. The Morgan fingerprint density at radius 1 is 1.19 bits per heavy atom. The molecule has 2 aliphatic heterocycles. The number of carboxylic acid groups (broad SMARTS) is 1. The van der Waals surface area contributed by atoms with Gasteiger partial charge in [0.2, 0.25) is 5.91 Å². The van der Waals surface area contributed by atoms with Crippen LogP contribution < -0.4 is 21.9 Å². The second-order valence-electron chi connectivity index (χ2n) is 11.7. The average Bonchev–Trinajstić information content (AvgIpc) is 3.64. The van der Waals surface area contributed by atoms with Gasteiger partial charge in [0, 0.05) is 30.9 Å². The van der Waals surface area contributed by atoms with Crippen LogP contribution in [0.15, 0.2) is 33.7 Å². The second kappa shape index (κ2) is 13.8. The fourth-order valence-electron chi connectivity index (χ4n) is 5.72. The minimum Gasteiger partial charge on any atom is -0.489 e. The quantitative estimate of drug-likeness (QED) is 0.0666. The van der Waals surface area contributed by atoms with Crippen LogP contribution in [0.1, 0.15) is 55.8 Å². The van der Waals surface area contributed by atoms with E-state index in [0.29, 0.717) is 24.8 Å². The highest BCUT2D eigenvalue weighted by Crippen LogP contribution is 2.32. The molecule has 1 saturated carbocycles. The Bertz CT molecular complexity index is 1700. The molecule has 1 aromatic carbocycles. The molecule has 3 heterocycles. The van der Waals surface area contributed by atoms with Crippen LogP contribution in [0.3, 0.4) is 0 Å². The number of hydrogen-bond donors (Lipinski definition) is 5. The highest BCUT2D eigenvalue weighted by Gasteiger charge is 2.51. The number of nitrogens with two attached hydrogens (primary N) is 3. The maximum atomic E-state index is 13.2. The number of Topliss-reactive ketones (excluding diaryl/α,β-unsaturated/α-hetero) is 1. The molecule has 0 radical (unpaired) electrons. The zero-order chi connectivity index (χ0) is 34.0. The van der Waals surface area contributed by atoms with Crippen molar-refractivity contribution in [1.29, 1.82) is 0 Å². The standard InChI is InChI=1S/C28H36N8O9S2/c1-14-20(25(38)36(14)47(41,42)43)9-22(37)24(21-13-46-28(31)33-21)34-45-23(26(39)40)12-44-19-7-2-15-10-35(11-16(15)8-19)27(30)32-18-5-3-17(29)4-6-18/h2,7-8,13-14,17-18,20,23H,3-6,9-12,29H2,1H3,(H2,30,32)(H2,31,33)(H,39,40)(H,41,42,43)/b34-24-. The lowest BCUT2D eigenvalue weighted by Gasteiger charge is -2.41. The van der Waals surface area contributed by atoms with Crippen molar-refractivity contribution in [1.82, 2.24) is 14.2 Å². The van der Waals surface area contributed by atoms with Gasteiger partial charge in [-0.3, -0.25) is 14.1 Å². The number of benzene rings is 1. The van der Waals surface area contributed by atoms with Gasteiger partial charge in [-0.2, -0.15) is 8.42 Å². The lowest BCUT2D eigenvalue weighted by Crippen LogP contribution is -2.62. The summed E-state index contributed by atoms with van der Waals surface area (Å²) in [5.74, 6) is -3.41. The number of thiazole rings is 1. The molecule has 2 fully saturated rings. The second-order valence-corrected chi connectivity index (χ2v) is 13.9. The fourth-order valence-corrected chi connectivity index (χ4v) is 7.20. The first-order valence-corrected chi connectivity index (χ1v) is 17.1. The van der Waals surface area contributed by atoms with Gasteiger partial charge in [-0.05, 0) is 55.9 Å². The molecule has 254 valence electrons. The first kappa shape index (κ1) is 34.0. The van der Waals surface area contributed by atoms with Crippen LogP contribution in [-0.4, -0.2) is 92.4 Å². The molecule has 1 saturated heterocycles. The Labute approximate surface area is 274 Å². The average molecular weight is 693 g/mol. The number of ketones is 1. The summed E-state index contributed by atoms with van der Waals surface area (Å²) in [5, 5.41) is 15.0. The molecule has 3 unspecified atom stereocenters. The fraction of sp³-hybridized carbons (Fsp3) is 0.500. The molecule has 1 aliphatic carbocycles. The third-order valence-corrected chi connectivity index (χ3v) is 10.1. The number of aliphatic imine (C=N–C) groups is 1. The zero-order valence-corrected chi connectivity index (χ0v) is 27.0. The number of oxime groups is 1. The van der Waals surface area contributed by atoms with Crippen molar-refractivity contribution < 1.29 is 42.0 Å². The number of aromatic nitrogens is 1. The lowest BCUT2D eigenvalue weighted by atomic mass is 9.86. The van der Waals surface area contributed by atoms with Gasteiger partial charge in [-0.15, -0.1) is 11.3 Å². The van der Waals surface area contributed by atoms with Gasteiger partial charge in [-0.25, -0.2) is 19.1 Å². The molecule has 47 heavy (non-hydrogen) atoms. The van der Waals surface area contributed by atoms with Gasteiger partial charge in [-0.1, -0.05) is 11.2 Å². The van der Waals surface area contributed by atoms with Crippen molar-refractivity contribution in [3.8, 4) is 5.75 Å². The molecule has 0 bridgehead atoms. The normalized spacial score (nSPS) is 24.0. The van der Waals surface area contributed by atoms with E-state index < -0.39 is 64.8 Å². The molecule has 5 rings (SSSR count). The molecular weight excluding hydrogens is 656 g/mol. The number of anilines is 1. The molecule has 19 heteroatoms. The Morgan fingerprint density at radius 2 is 1.89 bits per heavy atom. The first-order valence-electron chi connectivity index (χ1n) is 14.8. The number of guanidine groups is 1. The van der Waals surface area contributed by atoms with E-state index in [1.54, 1.807) is 12.1 Å². The Kier molecular flexibility index (Phi) is 9.99. The summed E-state index contributed by atoms with van der Waals surface area (Å²) in [7, 11) is -4.79. The number of hydrogen-bond acceptors (Lipinski definition) is 13. The zero-order valence-electron chi connectivity index (χ0n) is 25.4. The summed E-state index contributed by atoms with van der Waals surface area (Å²) in [5.41, 5.74) is 19.6. The number of β-lactam (4-membered cyclic amide) rings is 1. The number of aliphatic carboxylic acids is 1. The minimum atomic E-state index is -4.79. The van der Waals surface area contributed by atoms with Gasteiger partial charge in [0.15, 0.2) is 22.6 Å². The molecule has 3 atom stereocenters. The molecule has 0 spiro atoms. The SMILES string of the molecule is CC1C(CC(=O)/C(=N\OC(COc2ccc3c(c2)CN(C(N)=NC2CCC(N)CC2)C3)C(=O)O)c2csc(N)n2)C(=O)N1S(=O)(=O)O. The van der Waals surface area contributed by atoms with E-state index in [-0.39, 0.29) is 27.2 Å². The molecule has 2 aromatic rings. The number of fused-ring (bicyclic) bond motifs is 1. The van der Waals surface area contributed by atoms with Crippen LogP contribution in [0.25, 0.3) is 0 Å². The summed E-state index contributed by atoms with van der Waals surface area (Å²) in [4.78, 5) is 53.4. The smallest absolute Gasteiger partial charge is 0.362 e. The van der Waals surface area contributed by atoms with E-state index in [2.05, 4.69) is 10.1 Å². The number of carbonyl (C=O) groups is 3. The number of amides is 1. The number of carbonyl (C=O) groups excluding carboxylic acids is 2. The van der Waals surface area contributed by atoms with Gasteiger partial charge < -0.3 is 36.8 Å². The van der Waals surface area contributed by atoms with E-state index in [1.807, 2.05) is 11.0 Å². The van der Waals surface area contributed by atoms with Crippen LogP contribution in [0.4, 0.5) is 5.13 Å². The number of nitrogen functional groups attached to an aromatic ring is 1. The van der Waals surface area contributed by atoms with Crippen LogP contribution in [0, 0.1) is 5.92 Å². The van der Waals surface area contributed by atoms with Crippen LogP contribution in [0.2, 0.25) is 0 Å². The van der Waals surface area contributed by atoms with Crippen molar-refractivity contribution >= 4 is 56.1 Å². The third-order valence-electron chi connectivity index (χ3n) is 8.40. The van der Waals surface area contributed by atoms with Gasteiger partial charge in [0.1, 0.15) is 18.1 Å². The molecule has 1 amide bonds. The van der Waals surface area contributed by atoms with Crippen molar-refractivity contribution in [2.45, 2.75) is 76.3 Å². The Balaban J connectivity index is 1.22. The topological polar surface area (TPSA) is 266 Å². The van der Waals surface area contributed by atoms with E-state index in [9.17, 15) is 32.5 Å². The monoisotopic (exact) mass is 692 g/mol. The predicted octanol–water partition coefficient (Wildman–Crippen LogP) is 0.487. The first-order chi connectivity index (χ1) is 22.2. The van der Waals surface area contributed by atoms with Crippen molar-refractivity contribution in [2.24, 2.45) is 27.5 Å². The van der Waals surface area contributed by atoms with Crippen molar-refractivity contribution in [3.05, 3.63) is 40.4 Å². The Morgan fingerprint density at radius 3 is 2.51 bits per heavy atom. The van der Waals surface area contributed by atoms with E-state index in [1.165, 1.54) is 12.3 Å². The largest absolute Gasteiger partial charge is 0.489 e. The molecular formula is C28H36N8O9S2. The molecule has 17 nitrogen and oxygen atoms in total. The van der Waals surface area contributed by atoms with E-state index >= 15 is 0 Å². The summed E-state index contributed by atoms with van der Waals surface area (Å²) in [6, 6.07) is 4.71. The number of rotatable bonds is 12. The van der Waals surface area contributed by atoms with Crippen molar-refractivity contribution in [3.63, 3.8) is 0 Å². The van der Waals surface area contributed by atoms with Crippen LogP contribution >= 0.6 is 11.3 Å². The highest BCUT2D eigenvalue weighted by atomic mass is 32.2. The number of ether oxygens (including phenoxy) is 1. The van der Waals surface area contributed by atoms with Crippen LogP contribution in [-0.2, 0) is 42.6 Å². The summed E-state index contributed by atoms with van der Waals surface area (Å²) in [6.07, 6.45) is 1.50. The maximum absolute atomic E-state index is 13.2. The minimum absolute atomic E-state index is 0.0216.